The monoisotopic (exact) mass is 335 g/mol. The normalized spacial score (nSPS) is 22.3. The molecule has 0 saturated carbocycles. The fraction of sp³-hybridized carbons (Fsp3) is 0.381. The van der Waals surface area contributed by atoms with Gasteiger partial charge in [-0.3, -0.25) is 4.90 Å². The van der Waals surface area contributed by atoms with E-state index in [1.807, 2.05) is 35.2 Å². The van der Waals surface area contributed by atoms with Crippen LogP contribution in [-0.4, -0.2) is 48.1 Å². The third-order valence-corrected chi connectivity index (χ3v) is 5.41. The Balaban J connectivity index is 1.23. The van der Waals surface area contributed by atoms with Gasteiger partial charge in [0.15, 0.2) is 0 Å². The predicted molar refractivity (Wildman–Crippen MR) is 101 cm³/mol. The summed E-state index contributed by atoms with van der Waals surface area (Å²) in [5, 5.41) is 3.00. The summed E-state index contributed by atoms with van der Waals surface area (Å²) in [6.45, 7) is 4.01. The molecule has 25 heavy (non-hydrogen) atoms. The predicted octanol–water partition coefficient (Wildman–Crippen LogP) is 3.47. The lowest BCUT2D eigenvalue weighted by atomic mass is 9.91. The van der Waals surface area contributed by atoms with Crippen LogP contribution in [0.5, 0.6) is 0 Å². The number of benzene rings is 2. The molecule has 0 bridgehead atoms. The Morgan fingerprint density at radius 1 is 0.960 bits per heavy atom. The number of carbonyl (C=O) groups excluding carboxylic acids is 1. The van der Waals surface area contributed by atoms with Gasteiger partial charge in [-0.25, -0.2) is 4.79 Å². The fourth-order valence-corrected chi connectivity index (χ4v) is 4.02. The van der Waals surface area contributed by atoms with Crippen molar-refractivity contribution in [1.29, 1.82) is 0 Å². The van der Waals surface area contributed by atoms with Crippen LogP contribution >= 0.6 is 0 Å². The number of nitrogens with zero attached hydrogens (tertiary/aromatic N) is 2. The van der Waals surface area contributed by atoms with E-state index in [0.717, 1.165) is 38.3 Å². The highest BCUT2D eigenvalue weighted by molar-refractivity contribution is 5.89. The van der Waals surface area contributed by atoms with Crippen molar-refractivity contribution in [3.8, 4) is 0 Å². The molecule has 130 valence electrons. The highest BCUT2D eigenvalue weighted by Gasteiger charge is 2.46. The molecule has 2 amide bonds. The molecule has 2 aliphatic rings. The first-order valence-corrected chi connectivity index (χ1v) is 9.18. The van der Waals surface area contributed by atoms with Gasteiger partial charge >= 0.3 is 6.03 Å². The van der Waals surface area contributed by atoms with Crippen molar-refractivity contribution in [1.82, 2.24) is 9.80 Å². The number of carbonyl (C=O) groups is 1. The molecule has 0 unspecified atom stereocenters. The zero-order chi connectivity index (χ0) is 17.1. The highest BCUT2D eigenvalue weighted by atomic mass is 16.2. The maximum atomic E-state index is 12.4. The van der Waals surface area contributed by atoms with Crippen LogP contribution in [0.4, 0.5) is 10.5 Å². The standard InChI is InChI=1S/C21H25N3O/c25-21(22-19-11-5-2-6-12-19)24-15-18-14-23(20(18)16-24)13-7-10-17-8-3-1-4-9-17/h1-6,8-9,11-12,18,20H,7,10,13-16H2,(H,22,25)/t18-,20-/m0/s1. The molecule has 2 heterocycles. The van der Waals surface area contributed by atoms with E-state index in [9.17, 15) is 4.79 Å². The molecule has 2 fully saturated rings. The lowest BCUT2D eigenvalue weighted by Gasteiger charge is -2.43. The third kappa shape index (κ3) is 3.69. The van der Waals surface area contributed by atoms with E-state index in [1.165, 1.54) is 12.0 Å². The van der Waals surface area contributed by atoms with Crippen LogP contribution in [0.15, 0.2) is 60.7 Å². The fourth-order valence-electron chi connectivity index (χ4n) is 4.02. The van der Waals surface area contributed by atoms with Crippen molar-refractivity contribution < 1.29 is 4.79 Å². The Labute approximate surface area is 149 Å². The Bertz CT molecular complexity index is 704. The Hall–Kier alpha value is -2.33. The second-order valence-corrected chi connectivity index (χ2v) is 7.11. The molecule has 2 saturated heterocycles. The molecule has 0 aliphatic carbocycles. The van der Waals surface area contributed by atoms with Crippen molar-refractivity contribution in [3.05, 3.63) is 66.2 Å². The number of urea groups is 1. The lowest BCUT2D eigenvalue weighted by Crippen LogP contribution is -2.55. The molecule has 4 rings (SSSR count). The quantitative estimate of drug-likeness (QED) is 0.908. The minimum Gasteiger partial charge on any atom is -0.323 e. The summed E-state index contributed by atoms with van der Waals surface area (Å²) in [5.41, 5.74) is 2.28. The van der Waals surface area contributed by atoms with Gasteiger partial charge in [0.2, 0.25) is 0 Å². The van der Waals surface area contributed by atoms with Crippen LogP contribution in [0.2, 0.25) is 0 Å². The SMILES string of the molecule is O=C(Nc1ccccc1)N1C[C@@H]2CN(CCCc3ccccc3)[C@H]2C1. The number of rotatable bonds is 5. The van der Waals surface area contributed by atoms with Gasteiger partial charge in [-0.15, -0.1) is 0 Å². The van der Waals surface area contributed by atoms with Crippen LogP contribution in [0.1, 0.15) is 12.0 Å². The lowest BCUT2D eigenvalue weighted by molar-refractivity contribution is 0.0507. The van der Waals surface area contributed by atoms with E-state index >= 15 is 0 Å². The van der Waals surface area contributed by atoms with Crippen molar-refractivity contribution in [2.24, 2.45) is 5.92 Å². The number of nitrogens with one attached hydrogen (secondary N) is 1. The number of hydrogen-bond donors (Lipinski definition) is 1. The largest absolute Gasteiger partial charge is 0.323 e. The summed E-state index contributed by atoms with van der Waals surface area (Å²) >= 11 is 0. The number of fused-ring (bicyclic) bond motifs is 1. The van der Waals surface area contributed by atoms with Crippen molar-refractivity contribution in [2.75, 3.05) is 31.5 Å². The summed E-state index contributed by atoms with van der Waals surface area (Å²) in [4.78, 5) is 17.0. The first-order chi connectivity index (χ1) is 12.3. The topological polar surface area (TPSA) is 35.6 Å². The number of hydrogen-bond acceptors (Lipinski definition) is 2. The van der Waals surface area contributed by atoms with Crippen LogP contribution in [-0.2, 0) is 6.42 Å². The molecule has 2 aliphatic heterocycles. The van der Waals surface area contributed by atoms with E-state index < -0.39 is 0 Å². The number of anilines is 1. The van der Waals surface area contributed by atoms with Gasteiger partial charge in [0.25, 0.3) is 0 Å². The number of likely N-dealkylation sites (tertiary alicyclic amines) is 2. The van der Waals surface area contributed by atoms with Gasteiger partial charge < -0.3 is 10.2 Å². The van der Waals surface area contributed by atoms with Crippen LogP contribution in [0.3, 0.4) is 0 Å². The molecule has 0 radical (unpaired) electrons. The maximum Gasteiger partial charge on any atom is 0.321 e. The van der Waals surface area contributed by atoms with Crippen LogP contribution in [0.25, 0.3) is 0 Å². The van der Waals surface area contributed by atoms with Crippen molar-refractivity contribution >= 4 is 11.7 Å². The van der Waals surface area contributed by atoms with E-state index in [0.29, 0.717) is 12.0 Å². The number of amides is 2. The highest BCUT2D eigenvalue weighted by Crippen LogP contribution is 2.32. The number of aryl methyl sites for hydroxylation is 1. The second-order valence-electron chi connectivity index (χ2n) is 7.11. The molecule has 1 N–H and O–H groups in total. The van der Waals surface area contributed by atoms with Gasteiger partial charge in [0, 0.05) is 37.3 Å². The molecule has 0 spiro atoms. The molecular weight excluding hydrogens is 310 g/mol. The van der Waals surface area contributed by atoms with Crippen LogP contribution < -0.4 is 5.32 Å². The summed E-state index contributed by atoms with van der Waals surface area (Å²) < 4.78 is 0. The second kappa shape index (κ2) is 7.28. The van der Waals surface area contributed by atoms with Crippen molar-refractivity contribution in [2.45, 2.75) is 18.9 Å². The molecule has 2 aromatic carbocycles. The van der Waals surface area contributed by atoms with E-state index in [1.54, 1.807) is 0 Å². The van der Waals surface area contributed by atoms with Crippen molar-refractivity contribution in [3.63, 3.8) is 0 Å². The zero-order valence-electron chi connectivity index (χ0n) is 14.5. The molecule has 4 heteroatoms. The van der Waals surface area contributed by atoms with Gasteiger partial charge in [-0.1, -0.05) is 48.5 Å². The smallest absolute Gasteiger partial charge is 0.321 e. The minimum absolute atomic E-state index is 0.0323. The number of para-hydroxylation sites is 1. The minimum atomic E-state index is 0.0323. The van der Waals surface area contributed by atoms with Gasteiger partial charge in [-0.05, 0) is 37.1 Å². The molecule has 0 aromatic heterocycles. The Morgan fingerprint density at radius 2 is 1.68 bits per heavy atom. The van der Waals surface area contributed by atoms with E-state index in [2.05, 4.69) is 40.5 Å². The first-order valence-electron chi connectivity index (χ1n) is 9.18. The van der Waals surface area contributed by atoms with Gasteiger partial charge in [-0.2, -0.15) is 0 Å². The van der Waals surface area contributed by atoms with E-state index in [4.69, 9.17) is 0 Å². The first kappa shape index (κ1) is 16.2. The summed E-state index contributed by atoms with van der Waals surface area (Å²) in [7, 11) is 0. The van der Waals surface area contributed by atoms with Crippen LogP contribution in [0, 0.1) is 5.92 Å². The summed E-state index contributed by atoms with van der Waals surface area (Å²) in [6.07, 6.45) is 2.32. The average molecular weight is 335 g/mol. The maximum absolute atomic E-state index is 12.4. The average Bonchev–Trinajstić information content (AvgIpc) is 2.98. The Kier molecular flexibility index (Phi) is 4.70. The summed E-state index contributed by atoms with van der Waals surface area (Å²) in [6, 6.07) is 21.0. The van der Waals surface area contributed by atoms with Gasteiger partial charge in [0.05, 0.1) is 0 Å². The molecular formula is C21H25N3O. The Morgan fingerprint density at radius 3 is 2.44 bits per heavy atom. The van der Waals surface area contributed by atoms with E-state index in [-0.39, 0.29) is 6.03 Å². The zero-order valence-corrected chi connectivity index (χ0v) is 14.5. The summed E-state index contributed by atoms with van der Waals surface area (Å²) in [5.74, 6) is 0.651. The molecule has 2 aromatic rings. The van der Waals surface area contributed by atoms with Gasteiger partial charge in [0.1, 0.15) is 0 Å². The molecule has 2 atom stereocenters. The molecule has 4 nitrogen and oxygen atoms in total. The third-order valence-electron chi connectivity index (χ3n) is 5.41.